The normalized spacial score (nSPS) is 39.8. The van der Waals surface area contributed by atoms with Gasteiger partial charge >= 0.3 is 59.1 Å². The molecule has 4 N–H and O–H groups in total. The fourth-order valence-electron chi connectivity index (χ4n) is 2.87. The van der Waals surface area contributed by atoms with Gasteiger partial charge in [0.1, 0.15) is 48.3 Å². The number of carboxylic acids is 1. The van der Waals surface area contributed by atoms with Gasteiger partial charge in [-0.05, 0) is 6.08 Å². The van der Waals surface area contributed by atoms with Gasteiger partial charge in [0.15, 0.2) is 16.6 Å². The van der Waals surface area contributed by atoms with Gasteiger partial charge in [0, 0.05) is 0 Å². The first-order chi connectivity index (χ1) is 12.1. The number of aliphatic hydroxyl groups excluding tert-OH is 3. The number of aliphatic carboxylic acids is 1. The zero-order valence-corrected chi connectivity index (χ0v) is 19.6. The van der Waals surface area contributed by atoms with E-state index in [2.05, 4.69) is 0 Å². The predicted octanol–water partition coefficient (Wildman–Crippen LogP) is -11.4. The molecule has 0 saturated carbocycles. The Morgan fingerprint density at radius 3 is 2.46 bits per heavy atom. The van der Waals surface area contributed by atoms with Gasteiger partial charge in [0.05, 0.1) is 6.61 Å². The summed E-state index contributed by atoms with van der Waals surface area (Å²) >= 11 is 0. The summed E-state index contributed by atoms with van der Waals surface area (Å²) < 4.78 is 55.0. The van der Waals surface area contributed by atoms with E-state index in [4.69, 9.17) is 18.9 Å². The summed E-state index contributed by atoms with van der Waals surface area (Å²) in [7, 11) is -4.97. The van der Waals surface area contributed by atoms with Crippen molar-refractivity contribution in [3.05, 3.63) is 11.8 Å². The van der Waals surface area contributed by atoms with Gasteiger partial charge in [0.2, 0.25) is 6.29 Å². The minimum Gasteiger partial charge on any atom is -0.735 e. The third kappa shape index (κ3) is 5.87. The second-order valence-electron chi connectivity index (χ2n) is 5.85. The van der Waals surface area contributed by atoms with Crippen molar-refractivity contribution in [2.45, 2.75) is 49.1 Å². The SMILES string of the molecule is O=C([O-])C1=C[C@H](O)[C@@H](O)[C@H](OC2C3COC(O3)[C@@H](NS(=O)(=O)[O-])[C@H]2O)O1.[Na+].[Na+]. The molecule has 8 atom stereocenters. The van der Waals surface area contributed by atoms with E-state index < -0.39 is 71.2 Å². The molecule has 28 heavy (non-hydrogen) atoms. The maximum Gasteiger partial charge on any atom is 1.00 e. The summed E-state index contributed by atoms with van der Waals surface area (Å²) in [5.41, 5.74) is 0. The fourth-order valence-corrected chi connectivity index (χ4v) is 3.46. The number of fused-ring (bicyclic) bond motifs is 2. The quantitative estimate of drug-likeness (QED) is 0.231. The maximum atomic E-state index is 10.9. The smallest absolute Gasteiger partial charge is 0.735 e. The molecule has 3 aliphatic rings. The van der Waals surface area contributed by atoms with Crippen LogP contribution in [0.4, 0.5) is 0 Å². The molecule has 16 heteroatoms. The first-order valence-electron chi connectivity index (χ1n) is 7.36. The number of rotatable bonds is 5. The first-order valence-corrected chi connectivity index (χ1v) is 8.77. The van der Waals surface area contributed by atoms with Gasteiger partial charge in [-0.1, -0.05) is 0 Å². The van der Waals surface area contributed by atoms with Crippen LogP contribution >= 0.6 is 0 Å². The molecule has 3 aliphatic heterocycles. The van der Waals surface area contributed by atoms with Crippen LogP contribution in [0.1, 0.15) is 0 Å². The van der Waals surface area contributed by atoms with Crippen molar-refractivity contribution in [2.24, 2.45) is 0 Å². The summed E-state index contributed by atoms with van der Waals surface area (Å²) in [5, 5.41) is 40.8. The number of hydrogen-bond donors (Lipinski definition) is 4. The number of carbonyl (C=O) groups excluding carboxylic acids is 1. The van der Waals surface area contributed by atoms with Crippen molar-refractivity contribution < 1.29 is 116 Å². The Balaban J connectivity index is 0.00000196. The number of carbonyl (C=O) groups is 1. The molecule has 13 nitrogen and oxygen atoms in total. The maximum absolute atomic E-state index is 10.9. The summed E-state index contributed by atoms with van der Waals surface area (Å²) in [5.74, 6) is -2.57. The zero-order chi connectivity index (χ0) is 19.2. The molecule has 2 saturated heterocycles. The van der Waals surface area contributed by atoms with Crippen molar-refractivity contribution in [3.63, 3.8) is 0 Å². The molecule has 0 amide bonds. The molecule has 0 aromatic rings. The molecule has 0 aromatic carbocycles. The Hall–Kier alpha value is 0.640. The van der Waals surface area contributed by atoms with Crippen molar-refractivity contribution in [1.29, 1.82) is 0 Å². The van der Waals surface area contributed by atoms with E-state index in [-0.39, 0.29) is 65.7 Å². The molecular weight excluding hydrogens is 428 g/mol. The van der Waals surface area contributed by atoms with E-state index in [1.807, 2.05) is 0 Å². The second-order valence-corrected chi connectivity index (χ2v) is 7.00. The number of nitrogens with one attached hydrogen (secondary N) is 1. The Kier molecular flexibility index (Phi) is 9.81. The summed E-state index contributed by atoms with van der Waals surface area (Å²) in [6, 6.07) is -1.51. The van der Waals surface area contributed by atoms with Crippen LogP contribution in [-0.2, 0) is 34.0 Å². The Labute approximate surface area is 203 Å². The fraction of sp³-hybridized carbons (Fsp3) is 0.750. The molecular formula is C12H15NNa2O12S. The van der Waals surface area contributed by atoms with Crippen molar-refractivity contribution in [3.8, 4) is 0 Å². The van der Waals surface area contributed by atoms with Crippen LogP contribution in [0.2, 0.25) is 0 Å². The summed E-state index contributed by atoms with van der Waals surface area (Å²) in [6.07, 6.45) is -9.61. The first kappa shape index (κ1) is 26.7. The molecule has 0 aliphatic carbocycles. The molecule has 0 radical (unpaired) electrons. The van der Waals surface area contributed by atoms with Gasteiger partial charge in [-0.25, -0.2) is 13.1 Å². The molecule has 0 spiro atoms. The van der Waals surface area contributed by atoms with Gasteiger partial charge in [-0.3, -0.25) is 0 Å². The molecule has 148 valence electrons. The predicted molar refractivity (Wildman–Crippen MR) is 72.1 cm³/mol. The van der Waals surface area contributed by atoms with E-state index in [0.717, 1.165) is 0 Å². The van der Waals surface area contributed by atoms with Crippen molar-refractivity contribution in [1.82, 2.24) is 4.72 Å². The molecule has 3 rings (SSSR count). The third-order valence-electron chi connectivity index (χ3n) is 4.06. The number of hydrogen-bond acceptors (Lipinski definition) is 12. The number of ether oxygens (including phenoxy) is 4. The average molecular weight is 443 g/mol. The Morgan fingerprint density at radius 2 is 1.89 bits per heavy atom. The largest absolute Gasteiger partial charge is 1.00 e. The van der Waals surface area contributed by atoms with E-state index in [0.29, 0.717) is 6.08 Å². The molecule has 3 unspecified atom stereocenters. The minimum absolute atomic E-state index is 0. The second kappa shape index (κ2) is 10.3. The van der Waals surface area contributed by atoms with Crippen LogP contribution in [-0.4, -0.2) is 90.0 Å². The monoisotopic (exact) mass is 443 g/mol. The number of carboxylic acid groups (broad SMARTS) is 1. The topological polar surface area (TPSA) is 207 Å². The van der Waals surface area contributed by atoms with Gasteiger partial charge in [0.25, 0.3) is 0 Å². The number of aliphatic hydroxyl groups is 3. The minimum atomic E-state index is -4.97. The van der Waals surface area contributed by atoms with Crippen LogP contribution in [0.5, 0.6) is 0 Å². The summed E-state index contributed by atoms with van der Waals surface area (Å²) in [4.78, 5) is 10.9. The molecule has 2 bridgehead atoms. The third-order valence-corrected chi connectivity index (χ3v) is 4.63. The van der Waals surface area contributed by atoms with Crippen LogP contribution in [0, 0.1) is 0 Å². The van der Waals surface area contributed by atoms with Crippen LogP contribution < -0.4 is 68.9 Å². The van der Waals surface area contributed by atoms with Crippen LogP contribution in [0.15, 0.2) is 11.8 Å². The van der Waals surface area contributed by atoms with Crippen molar-refractivity contribution >= 4 is 16.3 Å². The standard InChI is InChI=1S/C12H17NO12S.2Na/c14-3-1-4(10(17)18)23-12(7(3)15)25-9-5-2-22-11(24-5)6(8(9)16)13-26(19,20)21;;/h1,3,5-9,11-16H,2H2,(H,17,18)(H,19,20,21);;/q;2*+1/p-2/t3-,5?,6-,7+,8+,9?,11?,12-;;/m0../s1. The Bertz CT molecular complexity index is 705. The van der Waals surface area contributed by atoms with Crippen molar-refractivity contribution in [2.75, 3.05) is 6.61 Å². The molecule has 3 heterocycles. The van der Waals surface area contributed by atoms with Gasteiger partial charge in [-0.15, -0.1) is 0 Å². The molecule has 2 fully saturated rings. The summed E-state index contributed by atoms with van der Waals surface area (Å²) in [6.45, 7) is -0.141. The van der Waals surface area contributed by atoms with Crippen LogP contribution in [0.3, 0.4) is 0 Å². The van der Waals surface area contributed by atoms with Gasteiger partial charge < -0.3 is 48.7 Å². The Morgan fingerprint density at radius 1 is 1.25 bits per heavy atom. The zero-order valence-electron chi connectivity index (χ0n) is 14.8. The van der Waals surface area contributed by atoms with E-state index in [1.165, 1.54) is 0 Å². The van der Waals surface area contributed by atoms with Crippen LogP contribution in [0.25, 0.3) is 0 Å². The van der Waals surface area contributed by atoms with E-state index >= 15 is 0 Å². The average Bonchev–Trinajstić information content (AvgIpc) is 2.97. The van der Waals surface area contributed by atoms with E-state index in [1.54, 1.807) is 4.72 Å². The van der Waals surface area contributed by atoms with Gasteiger partial charge in [-0.2, -0.15) is 0 Å². The van der Waals surface area contributed by atoms with E-state index in [9.17, 15) is 38.2 Å². The molecule has 0 aromatic heterocycles.